The van der Waals surface area contributed by atoms with Crippen LogP contribution in [0.3, 0.4) is 0 Å². The standard InChI is InChI=1S/C13H16BN3O/c1-8-13(9(2)18-16-8)12-5-4-11(15)6-10(12)7-17(3)14/h4-6H,7,15H2,1-3H3. The summed E-state index contributed by atoms with van der Waals surface area (Å²) >= 11 is 0. The molecule has 0 aliphatic heterocycles. The van der Waals surface area contributed by atoms with Gasteiger partial charge in [0.15, 0.2) is 7.98 Å². The van der Waals surface area contributed by atoms with Crippen LogP contribution in [0.2, 0.25) is 0 Å². The maximum Gasteiger partial charge on any atom is 0.182 e. The van der Waals surface area contributed by atoms with E-state index in [1.54, 1.807) is 4.81 Å². The van der Waals surface area contributed by atoms with Gasteiger partial charge in [0.25, 0.3) is 0 Å². The lowest BCUT2D eigenvalue weighted by Crippen LogP contribution is -2.14. The zero-order chi connectivity index (χ0) is 13.3. The first-order valence-electron chi connectivity index (χ1n) is 5.76. The largest absolute Gasteiger partial charge is 0.399 e. The Labute approximate surface area is 108 Å². The SMILES string of the molecule is [B]N(C)Cc1cc(N)ccc1-c1c(C)noc1C. The lowest BCUT2D eigenvalue weighted by molar-refractivity contribution is 0.393. The van der Waals surface area contributed by atoms with Gasteiger partial charge in [-0.15, -0.1) is 0 Å². The van der Waals surface area contributed by atoms with E-state index in [4.69, 9.17) is 18.2 Å². The van der Waals surface area contributed by atoms with Crippen LogP contribution in [0.15, 0.2) is 22.7 Å². The molecule has 0 aliphatic rings. The van der Waals surface area contributed by atoms with Gasteiger partial charge in [-0.25, -0.2) is 0 Å². The Morgan fingerprint density at radius 3 is 2.67 bits per heavy atom. The Morgan fingerprint density at radius 1 is 1.39 bits per heavy atom. The molecule has 92 valence electrons. The van der Waals surface area contributed by atoms with Crippen LogP contribution in [0.1, 0.15) is 17.0 Å². The van der Waals surface area contributed by atoms with Crippen LogP contribution in [0.5, 0.6) is 0 Å². The van der Waals surface area contributed by atoms with Crippen molar-refractivity contribution in [3.05, 3.63) is 35.2 Å². The quantitative estimate of drug-likeness (QED) is 0.660. The molecule has 1 aromatic carbocycles. The van der Waals surface area contributed by atoms with Crippen LogP contribution in [0.25, 0.3) is 11.1 Å². The number of aromatic nitrogens is 1. The van der Waals surface area contributed by atoms with Gasteiger partial charge in [0.05, 0.1) is 5.69 Å². The van der Waals surface area contributed by atoms with Gasteiger partial charge in [0, 0.05) is 17.8 Å². The van der Waals surface area contributed by atoms with Crippen LogP contribution >= 0.6 is 0 Å². The predicted octanol–water partition coefficient (Wildman–Crippen LogP) is 2.06. The van der Waals surface area contributed by atoms with Crippen LogP contribution < -0.4 is 5.73 Å². The van der Waals surface area contributed by atoms with Crippen molar-refractivity contribution in [2.45, 2.75) is 20.4 Å². The van der Waals surface area contributed by atoms with Gasteiger partial charge in [0.1, 0.15) is 5.76 Å². The molecular weight excluding hydrogens is 225 g/mol. The Kier molecular flexibility index (Phi) is 3.43. The van der Waals surface area contributed by atoms with Gasteiger partial charge in [-0.3, -0.25) is 0 Å². The number of anilines is 1. The molecule has 0 unspecified atom stereocenters. The minimum absolute atomic E-state index is 0.616. The molecule has 0 bridgehead atoms. The summed E-state index contributed by atoms with van der Waals surface area (Å²) in [5, 5.41) is 3.98. The van der Waals surface area contributed by atoms with E-state index in [1.165, 1.54) is 0 Å². The first-order valence-corrected chi connectivity index (χ1v) is 5.76. The summed E-state index contributed by atoms with van der Waals surface area (Å²) in [6, 6.07) is 5.80. The number of hydrogen-bond acceptors (Lipinski definition) is 4. The summed E-state index contributed by atoms with van der Waals surface area (Å²) in [7, 11) is 7.55. The second-order valence-corrected chi connectivity index (χ2v) is 4.53. The molecule has 0 saturated carbocycles. The van der Waals surface area contributed by atoms with Crippen molar-refractivity contribution in [3.8, 4) is 11.1 Å². The normalized spacial score (nSPS) is 11.1. The number of nitrogens with zero attached hydrogens (tertiary/aromatic N) is 2. The Hall–Kier alpha value is -1.75. The molecule has 0 amide bonds. The second kappa shape index (κ2) is 4.86. The molecule has 0 aliphatic carbocycles. The van der Waals surface area contributed by atoms with Crippen LogP contribution in [0.4, 0.5) is 5.69 Å². The highest BCUT2D eigenvalue weighted by molar-refractivity contribution is 6.04. The van der Waals surface area contributed by atoms with Crippen molar-refractivity contribution in [2.75, 3.05) is 12.8 Å². The van der Waals surface area contributed by atoms with Gasteiger partial charge < -0.3 is 15.1 Å². The van der Waals surface area contributed by atoms with Crippen molar-refractivity contribution in [3.63, 3.8) is 0 Å². The fraction of sp³-hybridized carbons (Fsp3) is 0.308. The Balaban J connectivity index is 2.56. The number of benzene rings is 1. The summed E-state index contributed by atoms with van der Waals surface area (Å²) < 4.78 is 5.21. The number of hydrogen-bond donors (Lipinski definition) is 1. The van der Waals surface area contributed by atoms with Gasteiger partial charge >= 0.3 is 0 Å². The third-order valence-corrected chi connectivity index (χ3v) is 2.85. The van der Waals surface area contributed by atoms with E-state index in [2.05, 4.69) is 5.16 Å². The molecule has 2 aromatic rings. The highest BCUT2D eigenvalue weighted by Crippen LogP contribution is 2.31. The summed E-state index contributed by atoms with van der Waals surface area (Å²) in [6.07, 6.45) is 0. The topological polar surface area (TPSA) is 55.3 Å². The first-order chi connectivity index (χ1) is 8.49. The van der Waals surface area contributed by atoms with Gasteiger partial charge in [-0.1, -0.05) is 11.2 Å². The molecule has 4 nitrogen and oxygen atoms in total. The summed E-state index contributed by atoms with van der Waals surface area (Å²) in [6.45, 7) is 4.45. The monoisotopic (exact) mass is 241 g/mol. The molecule has 1 heterocycles. The van der Waals surface area contributed by atoms with E-state index in [-0.39, 0.29) is 0 Å². The molecule has 2 radical (unpaired) electrons. The van der Waals surface area contributed by atoms with E-state index in [0.717, 1.165) is 33.8 Å². The molecule has 0 saturated heterocycles. The Bertz CT molecular complexity index is 544. The molecule has 1 aromatic heterocycles. The van der Waals surface area contributed by atoms with Crippen molar-refractivity contribution < 1.29 is 4.52 Å². The van der Waals surface area contributed by atoms with Crippen molar-refractivity contribution in [1.29, 1.82) is 0 Å². The van der Waals surface area contributed by atoms with Crippen LogP contribution in [0, 0.1) is 13.8 Å². The smallest absolute Gasteiger partial charge is 0.182 e. The molecular formula is C13H16BN3O. The lowest BCUT2D eigenvalue weighted by atomic mass is 9.97. The lowest BCUT2D eigenvalue weighted by Gasteiger charge is -2.15. The van der Waals surface area contributed by atoms with E-state index >= 15 is 0 Å². The number of rotatable bonds is 3. The van der Waals surface area contributed by atoms with E-state index < -0.39 is 0 Å². The maximum absolute atomic E-state index is 5.83. The fourth-order valence-electron chi connectivity index (χ4n) is 2.12. The summed E-state index contributed by atoms with van der Waals surface area (Å²) in [5.41, 5.74) is 10.6. The molecule has 18 heavy (non-hydrogen) atoms. The van der Waals surface area contributed by atoms with E-state index in [9.17, 15) is 0 Å². The third-order valence-electron chi connectivity index (χ3n) is 2.85. The highest BCUT2D eigenvalue weighted by atomic mass is 16.5. The zero-order valence-electron chi connectivity index (χ0n) is 10.9. The van der Waals surface area contributed by atoms with E-state index in [0.29, 0.717) is 6.54 Å². The van der Waals surface area contributed by atoms with Gasteiger partial charge in [0.2, 0.25) is 0 Å². The number of nitrogen functional groups attached to an aromatic ring is 1. The van der Waals surface area contributed by atoms with Crippen molar-refractivity contribution >= 4 is 13.7 Å². The zero-order valence-corrected chi connectivity index (χ0v) is 10.9. The average molecular weight is 241 g/mol. The van der Waals surface area contributed by atoms with Gasteiger partial charge in [-0.2, -0.15) is 0 Å². The third kappa shape index (κ3) is 2.41. The van der Waals surface area contributed by atoms with E-state index in [1.807, 2.05) is 39.1 Å². The molecule has 0 fully saturated rings. The molecule has 2 N–H and O–H groups in total. The second-order valence-electron chi connectivity index (χ2n) is 4.53. The number of aryl methyl sites for hydroxylation is 2. The molecule has 5 heteroatoms. The highest BCUT2D eigenvalue weighted by Gasteiger charge is 2.15. The van der Waals surface area contributed by atoms with Crippen molar-refractivity contribution in [2.24, 2.45) is 0 Å². The minimum Gasteiger partial charge on any atom is -0.399 e. The Morgan fingerprint density at radius 2 is 2.11 bits per heavy atom. The number of nitrogens with two attached hydrogens (primary N) is 1. The average Bonchev–Trinajstić information content (AvgIpc) is 2.59. The van der Waals surface area contributed by atoms with Crippen LogP contribution in [-0.2, 0) is 6.54 Å². The molecule has 0 spiro atoms. The van der Waals surface area contributed by atoms with Gasteiger partial charge in [-0.05, 0) is 44.2 Å². The minimum atomic E-state index is 0.616. The maximum atomic E-state index is 5.83. The predicted molar refractivity (Wildman–Crippen MR) is 73.0 cm³/mol. The van der Waals surface area contributed by atoms with Crippen molar-refractivity contribution in [1.82, 2.24) is 9.97 Å². The molecule has 0 atom stereocenters. The summed E-state index contributed by atoms with van der Waals surface area (Å²) in [4.78, 5) is 1.62. The summed E-state index contributed by atoms with van der Waals surface area (Å²) in [5.74, 6) is 0.804. The fourth-order valence-corrected chi connectivity index (χ4v) is 2.12. The van der Waals surface area contributed by atoms with Crippen LogP contribution in [-0.4, -0.2) is 25.0 Å². The first kappa shape index (κ1) is 12.7. The molecule has 2 rings (SSSR count).